The largest absolute Gasteiger partial charge is 0.325 e. The molecular formula is C14H12BrFN2O. The van der Waals surface area contributed by atoms with Crippen LogP contribution in [0.3, 0.4) is 0 Å². The molecular weight excluding hydrogens is 311 g/mol. The lowest BCUT2D eigenvalue weighted by Gasteiger charge is -2.05. The SMILES string of the molecule is NCc1cc(C(=O)Cc2cc(Br)ccc2F)ccn1. The standard InChI is InChI=1S/C14H12BrFN2O/c15-11-1-2-13(16)10(5-11)7-14(19)9-3-4-18-12(6-9)8-17/h1-6H,7-8,17H2. The molecule has 0 aliphatic carbocycles. The second-order valence-electron chi connectivity index (χ2n) is 4.08. The molecule has 2 aromatic rings. The van der Waals surface area contributed by atoms with E-state index in [-0.39, 0.29) is 24.6 Å². The summed E-state index contributed by atoms with van der Waals surface area (Å²) in [6.07, 6.45) is 1.55. The van der Waals surface area contributed by atoms with E-state index in [1.165, 1.54) is 12.3 Å². The lowest BCUT2D eigenvalue weighted by atomic mass is 10.0. The molecule has 0 radical (unpaired) electrons. The predicted octanol–water partition coefficient (Wildman–Crippen LogP) is 2.87. The summed E-state index contributed by atoms with van der Waals surface area (Å²) in [5, 5.41) is 0. The number of Topliss-reactive ketones (excluding diaryl/α,β-unsaturated/α-hetero) is 1. The third-order valence-electron chi connectivity index (χ3n) is 2.71. The molecule has 0 spiro atoms. The van der Waals surface area contributed by atoms with E-state index in [1.807, 2.05) is 0 Å². The Bertz CT molecular complexity index is 616. The number of rotatable bonds is 4. The highest BCUT2D eigenvalue weighted by Gasteiger charge is 2.11. The number of pyridine rings is 1. The molecule has 1 heterocycles. The Kier molecular flexibility index (Phi) is 4.39. The van der Waals surface area contributed by atoms with Crippen LogP contribution in [0.5, 0.6) is 0 Å². The molecule has 2 rings (SSSR count). The van der Waals surface area contributed by atoms with Gasteiger partial charge in [-0.05, 0) is 35.9 Å². The van der Waals surface area contributed by atoms with Crippen molar-refractivity contribution in [1.82, 2.24) is 4.98 Å². The predicted molar refractivity (Wildman–Crippen MR) is 74.3 cm³/mol. The number of benzene rings is 1. The van der Waals surface area contributed by atoms with E-state index in [9.17, 15) is 9.18 Å². The Morgan fingerprint density at radius 3 is 2.84 bits per heavy atom. The number of hydrogen-bond acceptors (Lipinski definition) is 3. The van der Waals surface area contributed by atoms with E-state index in [0.717, 1.165) is 4.47 Å². The van der Waals surface area contributed by atoms with E-state index in [4.69, 9.17) is 5.73 Å². The first-order valence-electron chi connectivity index (χ1n) is 5.72. The van der Waals surface area contributed by atoms with Crippen LogP contribution in [0.15, 0.2) is 41.0 Å². The van der Waals surface area contributed by atoms with Gasteiger partial charge in [0.25, 0.3) is 0 Å². The van der Waals surface area contributed by atoms with Crippen molar-refractivity contribution in [2.45, 2.75) is 13.0 Å². The number of carbonyl (C=O) groups is 1. The van der Waals surface area contributed by atoms with Gasteiger partial charge in [0.15, 0.2) is 5.78 Å². The third kappa shape index (κ3) is 3.45. The van der Waals surface area contributed by atoms with Gasteiger partial charge in [-0.15, -0.1) is 0 Å². The Hall–Kier alpha value is -1.59. The van der Waals surface area contributed by atoms with Crippen molar-refractivity contribution in [2.24, 2.45) is 5.73 Å². The maximum atomic E-state index is 13.6. The fourth-order valence-corrected chi connectivity index (χ4v) is 2.13. The normalized spacial score (nSPS) is 10.5. The first-order valence-corrected chi connectivity index (χ1v) is 6.51. The van der Waals surface area contributed by atoms with Crippen molar-refractivity contribution in [1.29, 1.82) is 0 Å². The number of halogens is 2. The summed E-state index contributed by atoms with van der Waals surface area (Å²) >= 11 is 3.26. The lowest BCUT2D eigenvalue weighted by Crippen LogP contribution is -2.08. The Morgan fingerprint density at radius 2 is 2.11 bits per heavy atom. The van der Waals surface area contributed by atoms with E-state index in [2.05, 4.69) is 20.9 Å². The van der Waals surface area contributed by atoms with Gasteiger partial charge in [0.2, 0.25) is 0 Å². The van der Waals surface area contributed by atoms with Crippen molar-refractivity contribution in [2.75, 3.05) is 0 Å². The van der Waals surface area contributed by atoms with Gasteiger partial charge in [0, 0.05) is 29.2 Å². The highest BCUT2D eigenvalue weighted by Crippen LogP contribution is 2.17. The molecule has 0 aliphatic heterocycles. The highest BCUT2D eigenvalue weighted by atomic mass is 79.9. The van der Waals surface area contributed by atoms with Crippen LogP contribution in [0.1, 0.15) is 21.6 Å². The maximum absolute atomic E-state index is 13.6. The molecule has 19 heavy (non-hydrogen) atoms. The smallest absolute Gasteiger partial charge is 0.167 e. The fraction of sp³-hybridized carbons (Fsp3) is 0.143. The fourth-order valence-electron chi connectivity index (χ4n) is 1.72. The summed E-state index contributed by atoms with van der Waals surface area (Å²) in [5.74, 6) is -0.543. The Balaban J connectivity index is 2.22. The minimum atomic E-state index is -0.385. The van der Waals surface area contributed by atoms with E-state index >= 15 is 0 Å². The quantitative estimate of drug-likeness (QED) is 0.880. The summed E-state index contributed by atoms with van der Waals surface area (Å²) in [7, 11) is 0. The minimum Gasteiger partial charge on any atom is -0.325 e. The molecule has 0 atom stereocenters. The second-order valence-corrected chi connectivity index (χ2v) is 4.99. The van der Waals surface area contributed by atoms with Gasteiger partial charge < -0.3 is 5.73 Å². The van der Waals surface area contributed by atoms with E-state index in [0.29, 0.717) is 16.8 Å². The first-order chi connectivity index (χ1) is 9.10. The number of ketones is 1. The molecule has 98 valence electrons. The van der Waals surface area contributed by atoms with Crippen molar-refractivity contribution < 1.29 is 9.18 Å². The zero-order valence-corrected chi connectivity index (χ0v) is 11.7. The highest BCUT2D eigenvalue weighted by molar-refractivity contribution is 9.10. The van der Waals surface area contributed by atoms with Crippen LogP contribution in [0.4, 0.5) is 4.39 Å². The van der Waals surface area contributed by atoms with Crippen molar-refractivity contribution in [3.05, 3.63) is 63.6 Å². The second kappa shape index (κ2) is 6.04. The van der Waals surface area contributed by atoms with Gasteiger partial charge in [-0.2, -0.15) is 0 Å². The van der Waals surface area contributed by atoms with Crippen LogP contribution in [0.2, 0.25) is 0 Å². The van der Waals surface area contributed by atoms with Crippen LogP contribution in [0, 0.1) is 5.82 Å². The van der Waals surface area contributed by atoms with Crippen LogP contribution in [0.25, 0.3) is 0 Å². The van der Waals surface area contributed by atoms with Gasteiger partial charge in [-0.3, -0.25) is 9.78 Å². The van der Waals surface area contributed by atoms with Crippen molar-refractivity contribution in [3.8, 4) is 0 Å². The molecule has 0 amide bonds. The summed E-state index contributed by atoms with van der Waals surface area (Å²) < 4.78 is 14.3. The number of nitrogens with zero attached hydrogens (tertiary/aromatic N) is 1. The van der Waals surface area contributed by atoms with E-state index in [1.54, 1.807) is 24.3 Å². The van der Waals surface area contributed by atoms with Crippen LogP contribution in [-0.2, 0) is 13.0 Å². The average Bonchev–Trinajstić information content (AvgIpc) is 2.43. The van der Waals surface area contributed by atoms with Crippen molar-refractivity contribution >= 4 is 21.7 Å². The first kappa shape index (κ1) is 13.8. The molecule has 1 aromatic carbocycles. The summed E-state index contributed by atoms with van der Waals surface area (Å²) in [5.41, 5.74) is 6.98. The molecule has 0 aliphatic rings. The van der Waals surface area contributed by atoms with Gasteiger partial charge in [-0.1, -0.05) is 15.9 Å². The topological polar surface area (TPSA) is 56.0 Å². The third-order valence-corrected chi connectivity index (χ3v) is 3.20. The minimum absolute atomic E-state index is 0.0132. The van der Waals surface area contributed by atoms with Gasteiger partial charge in [-0.25, -0.2) is 4.39 Å². The number of carbonyl (C=O) groups excluding carboxylic acids is 1. The molecule has 0 unspecified atom stereocenters. The zero-order valence-electron chi connectivity index (χ0n) is 10.1. The molecule has 0 fully saturated rings. The molecule has 0 saturated heterocycles. The molecule has 5 heteroatoms. The number of hydrogen-bond donors (Lipinski definition) is 1. The number of aromatic nitrogens is 1. The molecule has 0 saturated carbocycles. The average molecular weight is 323 g/mol. The Labute approximate surface area is 118 Å². The summed E-state index contributed by atoms with van der Waals surface area (Å²) in [4.78, 5) is 16.1. The molecule has 1 aromatic heterocycles. The summed E-state index contributed by atoms with van der Waals surface area (Å²) in [6, 6.07) is 7.79. The molecule has 0 bridgehead atoms. The zero-order chi connectivity index (χ0) is 13.8. The van der Waals surface area contributed by atoms with Gasteiger partial charge in [0.05, 0.1) is 5.69 Å². The molecule has 2 N–H and O–H groups in total. The van der Waals surface area contributed by atoms with Gasteiger partial charge in [0.1, 0.15) is 5.82 Å². The van der Waals surface area contributed by atoms with Gasteiger partial charge >= 0.3 is 0 Å². The van der Waals surface area contributed by atoms with Crippen LogP contribution >= 0.6 is 15.9 Å². The summed E-state index contributed by atoms with van der Waals surface area (Å²) in [6.45, 7) is 0.270. The molecule has 3 nitrogen and oxygen atoms in total. The van der Waals surface area contributed by atoms with Crippen LogP contribution < -0.4 is 5.73 Å². The lowest BCUT2D eigenvalue weighted by molar-refractivity contribution is 0.0991. The van der Waals surface area contributed by atoms with Crippen molar-refractivity contribution in [3.63, 3.8) is 0 Å². The van der Waals surface area contributed by atoms with Crippen LogP contribution in [-0.4, -0.2) is 10.8 Å². The number of nitrogens with two attached hydrogens (primary N) is 1. The van der Waals surface area contributed by atoms with E-state index < -0.39 is 0 Å². The maximum Gasteiger partial charge on any atom is 0.167 e. The Morgan fingerprint density at radius 1 is 1.32 bits per heavy atom. The monoisotopic (exact) mass is 322 g/mol.